The van der Waals surface area contributed by atoms with E-state index in [1.54, 1.807) is 0 Å². The van der Waals surface area contributed by atoms with E-state index in [4.69, 9.17) is 10.2 Å². The van der Waals surface area contributed by atoms with Crippen LogP contribution >= 0.6 is 0 Å². The Hall–Kier alpha value is -1.06. The summed E-state index contributed by atoms with van der Waals surface area (Å²) in [5.74, 6) is -2.42. The molecule has 1 fully saturated rings. The Morgan fingerprint density at radius 3 is 1.43 bits per heavy atom. The Labute approximate surface area is 82.9 Å². The second kappa shape index (κ2) is 3.98. The zero-order valence-corrected chi connectivity index (χ0v) is 8.43. The van der Waals surface area contributed by atoms with Crippen LogP contribution < -0.4 is 0 Å². The lowest BCUT2D eigenvalue weighted by Gasteiger charge is -2.34. The second-order valence-corrected chi connectivity index (χ2v) is 4.32. The number of rotatable bonds is 2. The molecule has 4 atom stereocenters. The smallest absolute Gasteiger partial charge is 0.306 e. The quantitative estimate of drug-likeness (QED) is 0.707. The van der Waals surface area contributed by atoms with Crippen LogP contribution in [0.1, 0.15) is 26.7 Å². The van der Waals surface area contributed by atoms with Crippen LogP contribution in [0.5, 0.6) is 0 Å². The van der Waals surface area contributed by atoms with Crippen LogP contribution in [0.15, 0.2) is 0 Å². The first-order valence-corrected chi connectivity index (χ1v) is 4.89. The van der Waals surface area contributed by atoms with Crippen molar-refractivity contribution in [3.8, 4) is 0 Å². The van der Waals surface area contributed by atoms with Gasteiger partial charge in [-0.15, -0.1) is 0 Å². The van der Waals surface area contributed by atoms with Gasteiger partial charge in [0.15, 0.2) is 0 Å². The van der Waals surface area contributed by atoms with Crippen molar-refractivity contribution in [1.29, 1.82) is 0 Å². The normalized spacial score (nSPS) is 37.9. The summed E-state index contributed by atoms with van der Waals surface area (Å²) in [7, 11) is 0. The van der Waals surface area contributed by atoms with E-state index in [0.29, 0.717) is 12.8 Å². The highest BCUT2D eigenvalue weighted by Gasteiger charge is 2.39. The predicted molar refractivity (Wildman–Crippen MR) is 49.8 cm³/mol. The van der Waals surface area contributed by atoms with E-state index in [0.717, 1.165) is 0 Å². The molecule has 0 aromatic rings. The summed E-state index contributed by atoms with van der Waals surface area (Å²) in [4.78, 5) is 21.7. The van der Waals surface area contributed by atoms with Crippen molar-refractivity contribution in [2.45, 2.75) is 26.7 Å². The molecular weight excluding hydrogens is 184 g/mol. The molecule has 0 aromatic carbocycles. The summed E-state index contributed by atoms with van der Waals surface area (Å²) in [6, 6.07) is 0. The molecule has 14 heavy (non-hydrogen) atoms. The minimum absolute atomic E-state index is 0.0372. The Morgan fingerprint density at radius 1 is 0.929 bits per heavy atom. The fraction of sp³-hybridized carbons (Fsp3) is 0.800. The van der Waals surface area contributed by atoms with Gasteiger partial charge in [-0.1, -0.05) is 13.8 Å². The molecule has 1 rings (SSSR count). The third kappa shape index (κ3) is 2.05. The molecule has 0 aliphatic heterocycles. The van der Waals surface area contributed by atoms with E-state index < -0.39 is 11.9 Å². The number of hydrogen-bond acceptors (Lipinski definition) is 2. The van der Waals surface area contributed by atoms with E-state index in [2.05, 4.69) is 0 Å². The lowest BCUT2D eigenvalue weighted by Crippen LogP contribution is -2.37. The van der Waals surface area contributed by atoms with Crippen molar-refractivity contribution in [2.75, 3.05) is 0 Å². The van der Waals surface area contributed by atoms with Gasteiger partial charge in [-0.3, -0.25) is 9.59 Å². The van der Waals surface area contributed by atoms with E-state index in [1.807, 2.05) is 13.8 Å². The third-order valence-corrected chi connectivity index (χ3v) is 3.26. The van der Waals surface area contributed by atoms with E-state index >= 15 is 0 Å². The maximum Gasteiger partial charge on any atom is 0.306 e. The van der Waals surface area contributed by atoms with Crippen LogP contribution in [-0.2, 0) is 9.59 Å². The van der Waals surface area contributed by atoms with Gasteiger partial charge in [0.2, 0.25) is 0 Å². The first-order valence-electron chi connectivity index (χ1n) is 4.89. The Morgan fingerprint density at radius 2 is 1.21 bits per heavy atom. The van der Waals surface area contributed by atoms with Gasteiger partial charge in [0.1, 0.15) is 0 Å². The van der Waals surface area contributed by atoms with Crippen LogP contribution in [0.25, 0.3) is 0 Å². The van der Waals surface area contributed by atoms with Gasteiger partial charge in [0, 0.05) is 0 Å². The van der Waals surface area contributed by atoms with Crippen molar-refractivity contribution in [3.63, 3.8) is 0 Å². The maximum absolute atomic E-state index is 10.8. The summed E-state index contributed by atoms with van der Waals surface area (Å²) in [5, 5.41) is 17.8. The van der Waals surface area contributed by atoms with Gasteiger partial charge < -0.3 is 10.2 Å². The molecular formula is C10H16O4. The van der Waals surface area contributed by atoms with Crippen molar-refractivity contribution in [1.82, 2.24) is 0 Å². The van der Waals surface area contributed by atoms with E-state index in [1.165, 1.54) is 0 Å². The average molecular weight is 200 g/mol. The fourth-order valence-corrected chi connectivity index (χ4v) is 2.28. The summed E-state index contributed by atoms with van der Waals surface area (Å²) >= 11 is 0. The summed E-state index contributed by atoms with van der Waals surface area (Å²) < 4.78 is 0. The van der Waals surface area contributed by atoms with Crippen molar-refractivity contribution in [3.05, 3.63) is 0 Å². The zero-order valence-electron chi connectivity index (χ0n) is 8.43. The van der Waals surface area contributed by atoms with Gasteiger partial charge in [-0.25, -0.2) is 0 Å². The molecule has 1 aliphatic carbocycles. The van der Waals surface area contributed by atoms with E-state index in [-0.39, 0.29) is 23.7 Å². The number of hydrogen-bond donors (Lipinski definition) is 2. The van der Waals surface area contributed by atoms with Gasteiger partial charge >= 0.3 is 11.9 Å². The highest BCUT2D eigenvalue weighted by molar-refractivity contribution is 5.73. The van der Waals surface area contributed by atoms with Crippen molar-refractivity contribution in [2.24, 2.45) is 23.7 Å². The molecule has 4 heteroatoms. The molecule has 0 saturated heterocycles. The monoisotopic (exact) mass is 200 g/mol. The minimum atomic E-state index is -0.798. The van der Waals surface area contributed by atoms with Gasteiger partial charge in [0.05, 0.1) is 11.8 Å². The Balaban J connectivity index is 2.71. The van der Waals surface area contributed by atoms with Gasteiger partial charge in [-0.05, 0) is 24.7 Å². The number of carboxylic acid groups (broad SMARTS) is 2. The summed E-state index contributed by atoms with van der Waals surface area (Å²) in [5.41, 5.74) is 0. The van der Waals surface area contributed by atoms with Crippen LogP contribution in [0, 0.1) is 23.7 Å². The third-order valence-electron chi connectivity index (χ3n) is 3.26. The minimum Gasteiger partial charge on any atom is -0.481 e. The topological polar surface area (TPSA) is 74.6 Å². The highest BCUT2D eigenvalue weighted by Crippen LogP contribution is 2.37. The summed E-state index contributed by atoms with van der Waals surface area (Å²) in [6.45, 7) is 3.64. The van der Waals surface area contributed by atoms with Crippen molar-refractivity contribution >= 4 is 11.9 Å². The van der Waals surface area contributed by atoms with Gasteiger partial charge in [-0.2, -0.15) is 0 Å². The molecule has 0 radical (unpaired) electrons. The molecule has 1 aliphatic rings. The number of carboxylic acids is 2. The molecule has 4 unspecified atom stereocenters. The van der Waals surface area contributed by atoms with Crippen molar-refractivity contribution < 1.29 is 19.8 Å². The second-order valence-electron chi connectivity index (χ2n) is 4.32. The molecule has 0 spiro atoms. The standard InChI is InChI=1S/C10H16O4/c1-5-3-8(10(13)14)6(2)4-7(5)9(11)12/h5-8H,3-4H2,1-2H3,(H,11,12)(H,13,14). The number of carbonyl (C=O) groups is 2. The highest BCUT2D eigenvalue weighted by atomic mass is 16.4. The first kappa shape index (κ1) is 11.0. The lowest BCUT2D eigenvalue weighted by atomic mass is 9.69. The maximum atomic E-state index is 10.8. The number of aliphatic carboxylic acids is 2. The average Bonchev–Trinajstić information content (AvgIpc) is 2.07. The lowest BCUT2D eigenvalue weighted by molar-refractivity contribution is -0.153. The van der Waals surface area contributed by atoms with Crippen LogP contribution in [0.3, 0.4) is 0 Å². The first-order chi connectivity index (χ1) is 6.43. The van der Waals surface area contributed by atoms with Crippen LogP contribution in [0.2, 0.25) is 0 Å². The van der Waals surface area contributed by atoms with Crippen LogP contribution in [0.4, 0.5) is 0 Å². The molecule has 1 saturated carbocycles. The molecule has 80 valence electrons. The molecule has 0 heterocycles. The Kier molecular flexibility index (Phi) is 3.13. The molecule has 0 aromatic heterocycles. The molecule has 4 nitrogen and oxygen atoms in total. The molecule has 2 N–H and O–H groups in total. The molecule has 0 amide bonds. The van der Waals surface area contributed by atoms with Gasteiger partial charge in [0.25, 0.3) is 0 Å². The van der Waals surface area contributed by atoms with Crippen LogP contribution in [-0.4, -0.2) is 22.2 Å². The zero-order chi connectivity index (χ0) is 10.9. The predicted octanol–water partition coefficient (Wildman–Crippen LogP) is 1.45. The Bertz CT molecular complexity index is 223. The SMILES string of the molecule is CC1CC(C(=O)O)C(C)CC1C(=O)O. The summed E-state index contributed by atoms with van der Waals surface area (Å²) in [6.07, 6.45) is 0.959. The van der Waals surface area contributed by atoms with E-state index in [9.17, 15) is 9.59 Å². The fourth-order valence-electron chi connectivity index (χ4n) is 2.28. The molecule has 0 bridgehead atoms. The largest absolute Gasteiger partial charge is 0.481 e.